The number of rotatable bonds is 3. The highest BCUT2D eigenvalue weighted by Gasteiger charge is 2.25. The summed E-state index contributed by atoms with van der Waals surface area (Å²) in [7, 11) is 0. The van der Waals surface area contributed by atoms with Gasteiger partial charge in [-0.05, 0) is 38.6 Å². The maximum Gasteiger partial charge on any atom is 0.0664 e. The lowest BCUT2D eigenvalue weighted by Gasteiger charge is -2.38. The lowest BCUT2D eigenvalue weighted by molar-refractivity contribution is 0.0502. The normalized spacial score (nSPS) is 33.2. The molecule has 2 heteroatoms. The van der Waals surface area contributed by atoms with E-state index in [4.69, 9.17) is 0 Å². The zero-order valence-corrected chi connectivity index (χ0v) is 9.16. The monoisotopic (exact) mass is 185 g/mol. The van der Waals surface area contributed by atoms with Gasteiger partial charge in [-0.15, -0.1) is 0 Å². The highest BCUT2D eigenvalue weighted by Crippen LogP contribution is 2.22. The highest BCUT2D eigenvalue weighted by atomic mass is 16.3. The number of piperidine rings is 1. The summed E-state index contributed by atoms with van der Waals surface area (Å²) in [4.78, 5) is 2.43. The van der Waals surface area contributed by atoms with Crippen molar-refractivity contribution in [2.45, 2.75) is 52.2 Å². The summed E-state index contributed by atoms with van der Waals surface area (Å²) in [5.74, 6) is 0.790. The van der Waals surface area contributed by atoms with E-state index < -0.39 is 0 Å². The molecular formula is C11H23NO. The molecule has 1 fully saturated rings. The lowest BCUT2D eigenvalue weighted by atomic mass is 9.92. The first-order valence-corrected chi connectivity index (χ1v) is 5.57. The van der Waals surface area contributed by atoms with Crippen LogP contribution in [0.15, 0.2) is 0 Å². The molecule has 0 aliphatic carbocycles. The van der Waals surface area contributed by atoms with Crippen LogP contribution in [0.4, 0.5) is 0 Å². The minimum Gasteiger partial charge on any atom is -0.392 e. The first-order valence-electron chi connectivity index (χ1n) is 5.57. The summed E-state index contributed by atoms with van der Waals surface area (Å²) >= 11 is 0. The maximum absolute atomic E-state index is 9.57. The number of β-amino-alcohol motifs (C(OH)–C–C–N with tert-alkyl or cyclic N) is 1. The van der Waals surface area contributed by atoms with Crippen LogP contribution in [0.2, 0.25) is 0 Å². The molecule has 0 radical (unpaired) electrons. The van der Waals surface area contributed by atoms with E-state index >= 15 is 0 Å². The molecule has 0 aromatic rings. The molecule has 1 aliphatic heterocycles. The fraction of sp³-hybridized carbons (Fsp3) is 1.00. The molecule has 1 rings (SSSR count). The Morgan fingerprint density at radius 2 is 2.15 bits per heavy atom. The fourth-order valence-electron chi connectivity index (χ4n) is 2.08. The first kappa shape index (κ1) is 11.0. The Morgan fingerprint density at radius 3 is 2.77 bits per heavy atom. The predicted octanol–water partition coefficient (Wildman–Crippen LogP) is 1.88. The Hall–Kier alpha value is -0.0800. The Balaban J connectivity index is 2.39. The van der Waals surface area contributed by atoms with Gasteiger partial charge in [-0.25, -0.2) is 0 Å². The van der Waals surface area contributed by atoms with E-state index in [0.717, 1.165) is 18.9 Å². The SMILES string of the molecule is CCC(O)CN1CCCC(C)C1C. The van der Waals surface area contributed by atoms with E-state index in [-0.39, 0.29) is 6.10 Å². The van der Waals surface area contributed by atoms with Crippen LogP contribution in [0.3, 0.4) is 0 Å². The van der Waals surface area contributed by atoms with E-state index in [9.17, 15) is 5.11 Å². The molecule has 2 nitrogen and oxygen atoms in total. The summed E-state index contributed by atoms with van der Waals surface area (Å²) in [6, 6.07) is 0.648. The van der Waals surface area contributed by atoms with Crippen LogP contribution in [0, 0.1) is 5.92 Å². The zero-order chi connectivity index (χ0) is 9.84. The third-order valence-electron chi connectivity index (χ3n) is 3.42. The second kappa shape index (κ2) is 4.97. The number of hydrogen-bond acceptors (Lipinski definition) is 2. The van der Waals surface area contributed by atoms with Crippen LogP contribution in [0.1, 0.15) is 40.0 Å². The van der Waals surface area contributed by atoms with E-state index in [1.807, 2.05) is 6.92 Å². The molecule has 1 N–H and O–H groups in total. The van der Waals surface area contributed by atoms with Crippen LogP contribution in [0.5, 0.6) is 0 Å². The van der Waals surface area contributed by atoms with Crippen LogP contribution in [-0.2, 0) is 0 Å². The number of aliphatic hydroxyl groups excluding tert-OH is 1. The third-order valence-corrected chi connectivity index (χ3v) is 3.42. The van der Waals surface area contributed by atoms with Gasteiger partial charge in [0, 0.05) is 12.6 Å². The smallest absolute Gasteiger partial charge is 0.0664 e. The molecule has 1 heterocycles. The average Bonchev–Trinajstić information content (AvgIpc) is 2.13. The van der Waals surface area contributed by atoms with Gasteiger partial charge in [0.2, 0.25) is 0 Å². The van der Waals surface area contributed by atoms with Gasteiger partial charge in [-0.3, -0.25) is 4.90 Å². The predicted molar refractivity (Wildman–Crippen MR) is 55.7 cm³/mol. The van der Waals surface area contributed by atoms with Crippen molar-refractivity contribution in [2.24, 2.45) is 5.92 Å². The number of hydrogen-bond donors (Lipinski definition) is 1. The molecule has 0 aromatic carbocycles. The van der Waals surface area contributed by atoms with Gasteiger partial charge in [0.15, 0.2) is 0 Å². The van der Waals surface area contributed by atoms with Gasteiger partial charge < -0.3 is 5.11 Å². The standard InChI is InChI=1S/C11H23NO/c1-4-11(13)8-12-7-5-6-9(2)10(12)3/h9-11,13H,4-8H2,1-3H3. The number of nitrogens with zero attached hydrogens (tertiary/aromatic N) is 1. The Bertz CT molecular complexity index is 149. The van der Waals surface area contributed by atoms with Crippen LogP contribution in [0.25, 0.3) is 0 Å². The van der Waals surface area contributed by atoms with Crippen molar-refractivity contribution in [3.05, 3.63) is 0 Å². The highest BCUT2D eigenvalue weighted by molar-refractivity contribution is 4.79. The van der Waals surface area contributed by atoms with Crippen molar-refractivity contribution in [1.82, 2.24) is 4.90 Å². The van der Waals surface area contributed by atoms with Crippen LogP contribution >= 0.6 is 0 Å². The van der Waals surface area contributed by atoms with Crippen molar-refractivity contribution >= 4 is 0 Å². The molecule has 0 bridgehead atoms. The number of likely N-dealkylation sites (tertiary alicyclic amines) is 1. The van der Waals surface area contributed by atoms with E-state index in [2.05, 4.69) is 18.7 Å². The summed E-state index contributed by atoms with van der Waals surface area (Å²) in [5.41, 5.74) is 0. The molecule has 0 saturated carbocycles. The average molecular weight is 185 g/mol. The third kappa shape index (κ3) is 2.96. The van der Waals surface area contributed by atoms with Crippen molar-refractivity contribution in [3.8, 4) is 0 Å². The minimum absolute atomic E-state index is 0.132. The minimum atomic E-state index is -0.132. The van der Waals surface area contributed by atoms with Crippen LogP contribution in [-0.4, -0.2) is 35.2 Å². The molecule has 0 aromatic heterocycles. The Kier molecular flexibility index (Phi) is 4.20. The summed E-state index contributed by atoms with van der Waals surface area (Å²) in [6.07, 6.45) is 3.38. The topological polar surface area (TPSA) is 23.5 Å². The molecule has 0 amide bonds. The van der Waals surface area contributed by atoms with Crippen molar-refractivity contribution in [3.63, 3.8) is 0 Å². The molecule has 0 spiro atoms. The molecule has 1 saturated heterocycles. The molecule has 1 aliphatic rings. The molecule has 13 heavy (non-hydrogen) atoms. The van der Waals surface area contributed by atoms with Crippen molar-refractivity contribution < 1.29 is 5.11 Å². The Labute approximate surface area is 81.9 Å². The van der Waals surface area contributed by atoms with Gasteiger partial charge >= 0.3 is 0 Å². The van der Waals surface area contributed by atoms with Gasteiger partial charge in [0.05, 0.1) is 6.10 Å². The van der Waals surface area contributed by atoms with Gasteiger partial charge in [-0.1, -0.05) is 13.8 Å². The maximum atomic E-state index is 9.57. The van der Waals surface area contributed by atoms with Crippen molar-refractivity contribution in [2.75, 3.05) is 13.1 Å². The Morgan fingerprint density at radius 1 is 1.46 bits per heavy atom. The lowest BCUT2D eigenvalue weighted by Crippen LogP contribution is -2.45. The first-order chi connectivity index (χ1) is 6.15. The second-order valence-electron chi connectivity index (χ2n) is 4.42. The largest absolute Gasteiger partial charge is 0.392 e. The van der Waals surface area contributed by atoms with Gasteiger partial charge in [0.25, 0.3) is 0 Å². The van der Waals surface area contributed by atoms with E-state index in [1.165, 1.54) is 19.4 Å². The molecule has 3 unspecified atom stereocenters. The van der Waals surface area contributed by atoms with Crippen molar-refractivity contribution in [1.29, 1.82) is 0 Å². The number of aliphatic hydroxyl groups is 1. The van der Waals surface area contributed by atoms with Gasteiger partial charge in [-0.2, -0.15) is 0 Å². The fourth-order valence-corrected chi connectivity index (χ4v) is 2.08. The molecule has 78 valence electrons. The molecule has 3 atom stereocenters. The van der Waals surface area contributed by atoms with E-state index in [1.54, 1.807) is 0 Å². The summed E-state index contributed by atoms with van der Waals surface area (Å²) in [5, 5.41) is 9.57. The summed E-state index contributed by atoms with van der Waals surface area (Å²) in [6.45, 7) is 8.68. The summed E-state index contributed by atoms with van der Waals surface area (Å²) < 4.78 is 0. The quantitative estimate of drug-likeness (QED) is 0.725. The van der Waals surface area contributed by atoms with Gasteiger partial charge in [0.1, 0.15) is 0 Å². The molecular weight excluding hydrogens is 162 g/mol. The second-order valence-corrected chi connectivity index (χ2v) is 4.42. The zero-order valence-electron chi connectivity index (χ0n) is 9.16. The van der Waals surface area contributed by atoms with E-state index in [0.29, 0.717) is 6.04 Å². The van der Waals surface area contributed by atoms with Crippen LogP contribution < -0.4 is 0 Å².